The number of nitrogens with zero attached hydrogens (tertiary/aromatic N) is 2. The highest BCUT2D eigenvalue weighted by Gasteiger charge is 2.42. The van der Waals surface area contributed by atoms with E-state index in [-0.39, 0.29) is 23.5 Å². The average molecular weight is 325 g/mol. The van der Waals surface area contributed by atoms with Crippen molar-refractivity contribution in [2.45, 2.75) is 59.1 Å². The van der Waals surface area contributed by atoms with E-state index in [9.17, 15) is 9.59 Å². The number of ether oxygens (including phenoxy) is 1. The SMILES string of the molecule is CC1(C)CC(CN2CCNC(=O)CC2)N(C(=O)OC(C)(C)C)C1. The van der Waals surface area contributed by atoms with Gasteiger partial charge in [0.1, 0.15) is 5.60 Å². The molecule has 6 heteroatoms. The lowest BCUT2D eigenvalue weighted by Crippen LogP contribution is -2.46. The Labute approximate surface area is 139 Å². The van der Waals surface area contributed by atoms with Crippen molar-refractivity contribution in [3.05, 3.63) is 0 Å². The number of nitrogens with one attached hydrogen (secondary N) is 1. The molecular formula is C17H31N3O3. The second kappa shape index (κ2) is 6.67. The summed E-state index contributed by atoms with van der Waals surface area (Å²) in [6.07, 6.45) is 1.27. The largest absolute Gasteiger partial charge is 0.444 e. The maximum Gasteiger partial charge on any atom is 0.410 e. The molecule has 132 valence electrons. The molecule has 0 bridgehead atoms. The molecule has 23 heavy (non-hydrogen) atoms. The zero-order chi connectivity index (χ0) is 17.3. The molecule has 2 rings (SSSR count). The molecule has 6 nitrogen and oxygen atoms in total. The van der Waals surface area contributed by atoms with Gasteiger partial charge >= 0.3 is 6.09 Å². The van der Waals surface area contributed by atoms with E-state index in [4.69, 9.17) is 4.74 Å². The van der Waals surface area contributed by atoms with Gasteiger partial charge < -0.3 is 15.0 Å². The third-order valence-corrected chi connectivity index (χ3v) is 4.33. The third-order valence-electron chi connectivity index (χ3n) is 4.33. The molecule has 0 aromatic rings. The molecule has 1 atom stereocenters. The van der Waals surface area contributed by atoms with Gasteiger partial charge in [-0.3, -0.25) is 9.69 Å². The molecule has 2 fully saturated rings. The summed E-state index contributed by atoms with van der Waals surface area (Å²) in [4.78, 5) is 28.2. The Morgan fingerprint density at radius 3 is 2.70 bits per heavy atom. The predicted molar refractivity (Wildman–Crippen MR) is 89.2 cm³/mol. The maximum atomic E-state index is 12.5. The van der Waals surface area contributed by atoms with Crippen LogP contribution in [0.4, 0.5) is 4.79 Å². The van der Waals surface area contributed by atoms with E-state index in [1.807, 2.05) is 25.7 Å². The van der Waals surface area contributed by atoms with Crippen LogP contribution < -0.4 is 5.32 Å². The van der Waals surface area contributed by atoms with Crippen molar-refractivity contribution in [3.8, 4) is 0 Å². The van der Waals surface area contributed by atoms with Gasteiger partial charge in [0.05, 0.1) is 0 Å². The molecule has 2 aliphatic heterocycles. The molecular weight excluding hydrogens is 294 g/mol. The van der Waals surface area contributed by atoms with E-state index in [1.165, 1.54) is 0 Å². The summed E-state index contributed by atoms with van der Waals surface area (Å²) < 4.78 is 5.58. The minimum Gasteiger partial charge on any atom is -0.444 e. The minimum absolute atomic E-state index is 0.0987. The Kier molecular flexibility index (Phi) is 5.23. The Hall–Kier alpha value is -1.30. The lowest BCUT2D eigenvalue weighted by atomic mass is 9.90. The molecule has 0 radical (unpaired) electrons. The highest BCUT2D eigenvalue weighted by molar-refractivity contribution is 5.76. The normalized spacial score (nSPS) is 25.9. The summed E-state index contributed by atoms with van der Waals surface area (Å²) in [7, 11) is 0. The highest BCUT2D eigenvalue weighted by atomic mass is 16.6. The number of hydrogen-bond acceptors (Lipinski definition) is 4. The fourth-order valence-electron chi connectivity index (χ4n) is 3.39. The number of amides is 2. The molecule has 0 aromatic heterocycles. The van der Waals surface area contributed by atoms with Gasteiger partial charge in [-0.2, -0.15) is 0 Å². The smallest absolute Gasteiger partial charge is 0.410 e. The number of rotatable bonds is 2. The Morgan fingerprint density at radius 2 is 2.04 bits per heavy atom. The second-order valence-corrected chi connectivity index (χ2v) is 8.53. The minimum atomic E-state index is -0.479. The van der Waals surface area contributed by atoms with Crippen LogP contribution in [0, 0.1) is 5.41 Å². The van der Waals surface area contributed by atoms with Crippen LogP contribution in [0.25, 0.3) is 0 Å². The molecule has 2 aliphatic rings. The van der Waals surface area contributed by atoms with Gasteiger partial charge in [0.25, 0.3) is 0 Å². The van der Waals surface area contributed by atoms with Gasteiger partial charge in [0.15, 0.2) is 0 Å². The molecule has 1 unspecified atom stereocenters. The number of hydrogen-bond donors (Lipinski definition) is 1. The lowest BCUT2D eigenvalue weighted by molar-refractivity contribution is -0.120. The van der Waals surface area contributed by atoms with Gasteiger partial charge in [-0.25, -0.2) is 4.79 Å². The van der Waals surface area contributed by atoms with E-state index in [2.05, 4.69) is 24.1 Å². The number of carbonyl (C=O) groups excluding carboxylic acids is 2. The number of likely N-dealkylation sites (tertiary alicyclic amines) is 1. The second-order valence-electron chi connectivity index (χ2n) is 8.53. The fraction of sp³-hybridized carbons (Fsp3) is 0.882. The first-order valence-corrected chi connectivity index (χ1v) is 8.54. The number of carbonyl (C=O) groups is 2. The van der Waals surface area contributed by atoms with Gasteiger partial charge in [-0.15, -0.1) is 0 Å². The summed E-state index contributed by atoms with van der Waals surface area (Å²) in [6.45, 7) is 13.9. The van der Waals surface area contributed by atoms with Crippen molar-refractivity contribution in [2.75, 3.05) is 32.7 Å². The first kappa shape index (κ1) is 18.0. The Morgan fingerprint density at radius 1 is 1.35 bits per heavy atom. The quantitative estimate of drug-likeness (QED) is 0.841. The van der Waals surface area contributed by atoms with Crippen molar-refractivity contribution in [1.29, 1.82) is 0 Å². The van der Waals surface area contributed by atoms with Crippen molar-refractivity contribution in [3.63, 3.8) is 0 Å². The average Bonchev–Trinajstić information content (AvgIpc) is 2.54. The molecule has 1 N–H and O–H groups in total. The van der Waals surface area contributed by atoms with E-state index in [0.717, 1.165) is 32.6 Å². The predicted octanol–water partition coefficient (Wildman–Crippen LogP) is 1.84. The Balaban J connectivity index is 2.02. The molecule has 0 aliphatic carbocycles. The standard InChI is InChI=1S/C17H31N3O3/c1-16(2,3)23-15(22)20-12-17(4,5)10-13(20)11-19-8-6-14(21)18-7-9-19/h13H,6-12H2,1-5H3,(H,18,21). The van der Waals surface area contributed by atoms with Crippen LogP contribution in [0.1, 0.15) is 47.5 Å². The van der Waals surface area contributed by atoms with Crippen molar-refractivity contribution in [1.82, 2.24) is 15.1 Å². The molecule has 2 saturated heterocycles. The van der Waals surface area contributed by atoms with Gasteiger partial charge in [-0.1, -0.05) is 13.8 Å². The zero-order valence-corrected chi connectivity index (χ0v) is 15.1. The van der Waals surface area contributed by atoms with E-state index in [0.29, 0.717) is 13.0 Å². The van der Waals surface area contributed by atoms with E-state index in [1.54, 1.807) is 0 Å². The fourth-order valence-corrected chi connectivity index (χ4v) is 3.39. The van der Waals surface area contributed by atoms with Crippen LogP contribution in [-0.4, -0.2) is 66.2 Å². The van der Waals surface area contributed by atoms with Crippen LogP contribution in [0.5, 0.6) is 0 Å². The molecule has 2 amide bonds. The van der Waals surface area contributed by atoms with Crippen LogP contribution in [0.3, 0.4) is 0 Å². The molecule has 0 spiro atoms. The van der Waals surface area contributed by atoms with Gasteiger partial charge in [-0.05, 0) is 32.6 Å². The highest BCUT2D eigenvalue weighted by Crippen LogP contribution is 2.35. The molecule has 0 aromatic carbocycles. The summed E-state index contributed by atoms with van der Waals surface area (Å²) in [5, 5.41) is 2.89. The zero-order valence-electron chi connectivity index (χ0n) is 15.1. The van der Waals surface area contributed by atoms with Crippen molar-refractivity contribution in [2.24, 2.45) is 5.41 Å². The topological polar surface area (TPSA) is 61.9 Å². The summed E-state index contributed by atoms with van der Waals surface area (Å²) in [6, 6.07) is 0.146. The summed E-state index contributed by atoms with van der Waals surface area (Å²) in [5.41, 5.74) is -0.380. The monoisotopic (exact) mass is 325 g/mol. The van der Waals surface area contributed by atoms with E-state index >= 15 is 0 Å². The third kappa shape index (κ3) is 5.37. The van der Waals surface area contributed by atoms with Crippen LogP contribution in [0.2, 0.25) is 0 Å². The van der Waals surface area contributed by atoms with Crippen LogP contribution in [-0.2, 0) is 9.53 Å². The molecule has 0 saturated carbocycles. The van der Waals surface area contributed by atoms with Crippen LogP contribution >= 0.6 is 0 Å². The maximum absolute atomic E-state index is 12.5. The molecule has 2 heterocycles. The summed E-state index contributed by atoms with van der Waals surface area (Å²) >= 11 is 0. The first-order valence-electron chi connectivity index (χ1n) is 8.54. The van der Waals surface area contributed by atoms with Gasteiger partial charge in [0.2, 0.25) is 5.91 Å². The first-order chi connectivity index (χ1) is 10.6. The lowest BCUT2D eigenvalue weighted by Gasteiger charge is -2.31. The summed E-state index contributed by atoms with van der Waals surface area (Å²) in [5.74, 6) is 0.114. The Bertz CT molecular complexity index is 456. The van der Waals surface area contributed by atoms with Crippen LogP contribution in [0.15, 0.2) is 0 Å². The van der Waals surface area contributed by atoms with Crippen molar-refractivity contribution >= 4 is 12.0 Å². The van der Waals surface area contributed by atoms with Gasteiger partial charge in [0, 0.05) is 45.2 Å². The van der Waals surface area contributed by atoms with E-state index < -0.39 is 5.60 Å². The van der Waals surface area contributed by atoms with Crippen molar-refractivity contribution < 1.29 is 14.3 Å².